The lowest BCUT2D eigenvalue weighted by Crippen LogP contribution is -2.34. The molecule has 2 aromatic heterocycles. The summed E-state index contributed by atoms with van der Waals surface area (Å²) in [5.41, 5.74) is 3.01. The lowest BCUT2D eigenvalue weighted by molar-refractivity contribution is 0.216. The number of rotatable bonds is 4. The zero-order valence-electron chi connectivity index (χ0n) is 13.4. The Bertz CT molecular complexity index is 713. The highest BCUT2D eigenvalue weighted by molar-refractivity contribution is 5.20. The number of aromatic nitrogens is 3. The van der Waals surface area contributed by atoms with Gasteiger partial charge < -0.3 is 4.42 Å². The molecule has 0 aliphatic carbocycles. The van der Waals surface area contributed by atoms with Gasteiger partial charge in [0, 0.05) is 32.1 Å². The summed E-state index contributed by atoms with van der Waals surface area (Å²) >= 11 is 0. The van der Waals surface area contributed by atoms with Crippen LogP contribution in [-0.2, 0) is 26.1 Å². The van der Waals surface area contributed by atoms with Crippen LogP contribution in [0, 0.1) is 13.8 Å². The van der Waals surface area contributed by atoms with E-state index in [0.717, 1.165) is 54.5 Å². The first-order valence-electron chi connectivity index (χ1n) is 7.82. The highest BCUT2D eigenvalue weighted by Gasteiger charge is 2.20. The molecule has 0 saturated heterocycles. The maximum Gasteiger partial charge on any atom is 0.267 e. The zero-order chi connectivity index (χ0) is 15.7. The van der Waals surface area contributed by atoms with E-state index in [0.29, 0.717) is 13.1 Å². The first-order chi connectivity index (χ1) is 10.6. The van der Waals surface area contributed by atoms with E-state index in [1.54, 1.807) is 10.7 Å². The Kier molecular flexibility index (Phi) is 4.11. The molecule has 0 fully saturated rings. The summed E-state index contributed by atoms with van der Waals surface area (Å²) in [4.78, 5) is 18.7. The maximum absolute atomic E-state index is 12.0. The van der Waals surface area contributed by atoms with Crippen LogP contribution in [0.25, 0.3) is 0 Å². The molecular formula is C16H22N4O2. The molecule has 6 nitrogen and oxygen atoms in total. The second-order valence-corrected chi connectivity index (χ2v) is 5.89. The van der Waals surface area contributed by atoms with Gasteiger partial charge in [-0.1, -0.05) is 6.92 Å². The quantitative estimate of drug-likeness (QED) is 0.862. The van der Waals surface area contributed by atoms with Gasteiger partial charge in [0.05, 0.1) is 17.9 Å². The molecule has 0 N–H and O–H groups in total. The van der Waals surface area contributed by atoms with Crippen LogP contribution in [0.2, 0.25) is 0 Å². The van der Waals surface area contributed by atoms with Crippen molar-refractivity contribution in [2.75, 3.05) is 6.54 Å². The Morgan fingerprint density at radius 3 is 2.86 bits per heavy atom. The van der Waals surface area contributed by atoms with Crippen LogP contribution < -0.4 is 5.56 Å². The lowest BCUT2D eigenvalue weighted by atomic mass is 10.1. The average molecular weight is 302 g/mol. The summed E-state index contributed by atoms with van der Waals surface area (Å²) in [6.45, 7) is 8.92. The predicted octanol–water partition coefficient (Wildman–Crippen LogP) is 1.82. The molecule has 0 saturated carbocycles. The third-order valence-electron chi connectivity index (χ3n) is 4.09. The number of hydrogen-bond donors (Lipinski definition) is 0. The summed E-state index contributed by atoms with van der Waals surface area (Å²) in [5.74, 6) is 1.61. The van der Waals surface area contributed by atoms with Crippen LogP contribution >= 0.6 is 0 Å². The Hall–Kier alpha value is -1.95. The van der Waals surface area contributed by atoms with E-state index in [1.165, 1.54) is 0 Å². The highest BCUT2D eigenvalue weighted by atomic mass is 16.4. The van der Waals surface area contributed by atoms with E-state index < -0.39 is 0 Å². The van der Waals surface area contributed by atoms with Crippen molar-refractivity contribution in [3.8, 4) is 0 Å². The Balaban J connectivity index is 1.76. The van der Waals surface area contributed by atoms with Crippen LogP contribution in [0.5, 0.6) is 0 Å². The summed E-state index contributed by atoms with van der Waals surface area (Å²) < 4.78 is 7.22. The van der Waals surface area contributed by atoms with Crippen LogP contribution in [0.4, 0.5) is 0 Å². The van der Waals surface area contributed by atoms with Crippen molar-refractivity contribution in [3.05, 3.63) is 45.0 Å². The van der Waals surface area contributed by atoms with Gasteiger partial charge in [-0.3, -0.25) is 9.69 Å². The molecule has 1 aliphatic heterocycles. The standard InChI is InChI=1S/C16H22N4O2/c1-4-6-20-16(21)8-13-9-19(7-5-14(13)18-20)10-15-17-11(2)12(3)22-15/h8H,4-7,9-10H2,1-3H3. The summed E-state index contributed by atoms with van der Waals surface area (Å²) in [6.07, 6.45) is 1.78. The molecule has 0 radical (unpaired) electrons. The van der Waals surface area contributed by atoms with Gasteiger partial charge in [-0.25, -0.2) is 9.67 Å². The topological polar surface area (TPSA) is 64.2 Å². The van der Waals surface area contributed by atoms with Gasteiger partial charge in [-0.2, -0.15) is 5.10 Å². The fourth-order valence-electron chi connectivity index (χ4n) is 2.80. The van der Waals surface area contributed by atoms with Gasteiger partial charge in [0.2, 0.25) is 5.89 Å². The summed E-state index contributed by atoms with van der Waals surface area (Å²) in [6, 6.07) is 1.73. The van der Waals surface area contributed by atoms with E-state index in [9.17, 15) is 4.79 Å². The average Bonchev–Trinajstić information content (AvgIpc) is 2.78. The fraction of sp³-hybridized carbons (Fsp3) is 0.562. The molecular weight excluding hydrogens is 280 g/mol. The molecule has 0 bridgehead atoms. The number of nitrogens with zero attached hydrogens (tertiary/aromatic N) is 4. The van der Waals surface area contributed by atoms with Gasteiger partial charge >= 0.3 is 0 Å². The molecule has 2 aromatic rings. The van der Waals surface area contributed by atoms with E-state index >= 15 is 0 Å². The largest absolute Gasteiger partial charge is 0.444 e. The minimum absolute atomic E-state index is 0.00902. The van der Waals surface area contributed by atoms with Gasteiger partial charge in [0.25, 0.3) is 5.56 Å². The SMILES string of the molecule is CCCn1nc2c(cc1=O)CN(Cc1nc(C)c(C)o1)CC2. The van der Waals surface area contributed by atoms with Crippen molar-refractivity contribution in [2.24, 2.45) is 0 Å². The molecule has 3 rings (SSSR count). The van der Waals surface area contributed by atoms with Crippen molar-refractivity contribution in [2.45, 2.75) is 53.2 Å². The highest BCUT2D eigenvalue weighted by Crippen LogP contribution is 2.18. The third-order valence-corrected chi connectivity index (χ3v) is 4.09. The van der Waals surface area contributed by atoms with Gasteiger partial charge in [-0.05, 0) is 25.8 Å². The number of fused-ring (bicyclic) bond motifs is 1. The monoisotopic (exact) mass is 302 g/mol. The minimum atomic E-state index is -0.00902. The molecule has 1 aliphatic rings. The molecule has 3 heterocycles. The van der Waals surface area contributed by atoms with Gasteiger partial charge in [-0.15, -0.1) is 0 Å². The van der Waals surface area contributed by atoms with Gasteiger partial charge in [0.15, 0.2) is 0 Å². The van der Waals surface area contributed by atoms with E-state index in [-0.39, 0.29) is 5.56 Å². The number of aryl methyl sites for hydroxylation is 3. The lowest BCUT2D eigenvalue weighted by Gasteiger charge is -2.27. The van der Waals surface area contributed by atoms with Gasteiger partial charge in [0.1, 0.15) is 5.76 Å². The Labute approximate surface area is 129 Å². The fourth-order valence-corrected chi connectivity index (χ4v) is 2.80. The summed E-state index contributed by atoms with van der Waals surface area (Å²) in [5, 5.41) is 4.50. The van der Waals surface area contributed by atoms with Crippen molar-refractivity contribution >= 4 is 0 Å². The Morgan fingerprint density at radius 1 is 1.36 bits per heavy atom. The first-order valence-corrected chi connectivity index (χ1v) is 7.82. The predicted molar refractivity (Wildman–Crippen MR) is 82.6 cm³/mol. The molecule has 0 amide bonds. The van der Waals surface area contributed by atoms with Crippen LogP contribution in [0.15, 0.2) is 15.3 Å². The van der Waals surface area contributed by atoms with Crippen molar-refractivity contribution < 1.29 is 4.42 Å². The number of hydrogen-bond acceptors (Lipinski definition) is 5. The molecule has 0 aromatic carbocycles. The van der Waals surface area contributed by atoms with Crippen LogP contribution in [-0.4, -0.2) is 26.2 Å². The molecule has 0 spiro atoms. The van der Waals surface area contributed by atoms with Crippen LogP contribution in [0.1, 0.15) is 41.9 Å². The molecule has 6 heteroatoms. The first kappa shape index (κ1) is 15.0. The normalized spacial score (nSPS) is 15.0. The van der Waals surface area contributed by atoms with E-state index in [1.807, 2.05) is 13.8 Å². The van der Waals surface area contributed by atoms with E-state index in [2.05, 4.69) is 21.9 Å². The molecule has 0 atom stereocenters. The maximum atomic E-state index is 12.0. The minimum Gasteiger partial charge on any atom is -0.444 e. The summed E-state index contributed by atoms with van der Waals surface area (Å²) in [7, 11) is 0. The Morgan fingerprint density at radius 2 is 2.18 bits per heavy atom. The molecule has 22 heavy (non-hydrogen) atoms. The van der Waals surface area contributed by atoms with E-state index in [4.69, 9.17) is 4.42 Å². The second kappa shape index (κ2) is 6.04. The number of oxazole rings is 1. The van der Waals surface area contributed by atoms with Crippen LogP contribution in [0.3, 0.4) is 0 Å². The van der Waals surface area contributed by atoms with Crippen molar-refractivity contribution in [1.29, 1.82) is 0 Å². The third kappa shape index (κ3) is 2.97. The molecule has 0 unspecified atom stereocenters. The smallest absolute Gasteiger partial charge is 0.267 e. The zero-order valence-corrected chi connectivity index (χ0v) is 13.4. The van der Waals surface area contributed by atoms with Crippen molar-refractivity contribution in [3.63, 3.8) is 0 Å². The van der Waals surface area contributed by atoms with Crippen molar-refractivity contribution in [1.82, 2.24) is 19.7 Å². The second-order valence-electron chi connectivity index (χ2n) is 5.89. The molecule has 118 valence electrons.